The Morgan fingerprint density at radius 1 is 1.50 bits per heavy atom. The average molecular weight is 324 g/mol. The first kappa shape index (κ1) is 12.9. The van der Waals surface area contributed by atoms with E-state index in [0.29, 0.717) is 27.1 Å². The third kappa shape index (κ3) is 2.33. The summed E-state index contributed by atoms with van der Waals surface area (Å²) in [6.45, 7) is 1.70. The molecule has 0 radical (unpaired) electrons. The molecule has 1 aromatic carbocycles. The van der Waals surface area contributed by atoms with Crippen molar-refractivity contribution in [2.24, 2.45) is 0 Å². The first-order chi connectivity index (χ1) is 8.52. The summed E-state index contributed by atoms with van der Waals surface area (Å²) in [6, 6.07) is 6.62. The molecule has 2 aromatic rings. The van der Waals surface area contributed by atoms with Gasteiger partial charge in [-0.15, -0.1) is 0 Å². The summed E-state index contributed by atoms with van der Waals surface area (Å²) in [5, 5.41) is 8.89. The molecule has 0 amide bonds. The molecule has 2 rings (SSSR count). The van der Waals surface area contributed by atoms with Crippen molar-refractivity contribution in [3.63, 3.8) is 0 Å². The molecule has 18 heavy (non-hydrogen) atoms. The van der Waals surface area contributed by atoms with Crippen molar-refractivity contribution in [2.45, 2.75) is 6.92 Å². The molecule has 1 heterocycles. The van der Waals surface area contributed by atoms with Gasteiger partial charge < -0.3 is 4.98 Å². The van der Waals surface area contributed by atoms with Gasteiger partial charge in [0.15, 0.2) is 0 Å². The van der Waals surface area contributed by atoms with Crippen molar-refractivity contribution < 1.29 is 4.39 Å². The molecule has 1 N–H and O–H groups in total. The van der Waals surface area contributed by atoms with Crippen LogP contribution in [-0.4, -0.2) is 9.97 Å². The van der Waals surface area contributed by atoms with E-state index in [-0.39, 0.29) is 4.64 Å². The summed E-state index contributed by atoms with van der Waals surface area (Å²) in [6.07, 6.45) is 0. The van der Waals surface area contributed by atoms with Crippen LogP contribution >= 0.6 is 28.1 Å². The van der Waals surface area contributed by atoms with Crippen LogP contribution in [0.4, 0.5) is 4.39 Å². The number of benzene rings is 1. The lowest BCUT2D eigenvalue weighted by Gasteiger charge is -2.06. The lowest BCUT2D eigenvalue weighted by molar-refractivity contribution is 0.629. The third-order valence-corrected chi connectivity index (χ3v) is 3.19. The van der Waals surface area contributed by atoms with E-state index in [1.54, 1.807) is 19.1 Å². The molecule has 0 aliphatic heterocycles. The summed E-state index contributed by atoms with van der Waals surface area (Å²) in [4.78, 5) is 6.94. The van der Waals surface area contributed by atoms with E-state index in [4.69, 9.17) is 17.5 Å². The van der Waals surface area contributed by atoms with Crippen LogP contribution in [0.1, 0.15) is 11.3 Å². The second-order valence-electron chi connectivity index (χ2n) is 3.63. The summed E-state index contributed by atoms with van der Waals surface area (Å²) < 4.78 is 14.6. The van der Waals surface area contributed by atoms with Crippen LogP contribution in [0.3, 0.4) is 0 Å². The van der Waals surface area contributed by atoms with Crippen molar-refractivity contribution in [2.75, 3.05) is 0 Å². The van der Waals surface area contributed by atoms with E-state index in [2.05, 4.69) is 25.9 Å². The molecule has 0 aliphatic rings. The first-order valence-electron chi connectivity index (χ1n) is 4.99. The van der Waals surface area contributed by atoms with E-state index < -0.39 is 5.82 Å². The maximum Gasteiger partial charge on any atom is 0.148 e. The van der Waals surface area contributed by atoms with Gasteiger partial charge >= 0.3 is 0 Å². The minimum absolute atomic E-state index is 0.172. The number of aromatic nitrogens is 2. The smallest absolute Gasteiger partial charge is 0.148 e. The topological polar surface area (TPSA) is 52.5 Å². The molecule has 6 heteroatoms. The highest BCUT2D eigenvalue weighted by Crippen LogP contribution is 2.23. The molecular weight excluding hydrogens is 317 g/mol. The van der Waals surface area contributed by atoms with Gasteiger partial charge in [-0.3, -0.25) is 0 Å². The fourth-order valence-electron chi connectivity index (χ4n) is 1.53. The Morgan fingerprint density at radius 2 is 2.22 bits per heavy atom. The second-order valence-corrected chi connectivity index (χ2v) is 4.93. The van der Waals surface area contributed by atoms with E-state index in [0.717, 1.165) is 0 Å². The van der Waals surface area contributed by atoms with Crippen LogP contribution < -0.4 is 0 Å². The van der Waals surface area contributed by atoms with Crippen LogP contribution in [0.5, 0.6) is 0 Å². The van der Waals surface area contributed by atoms with Crippen molar-refractivity contribution in [3.8, 4) is 17.5 Å². The maximum absolute atomic E-state index is 13.8. The zero-order chi connectivity index (χ0) is 13.3. The minimum Gasteiger partial charge on any atom is -0.342 e. The van der Waals surface area contributed by atoms with E-state index in [1.807, 2.05) is 6.07 Å². The Bertz CT molecular complexity index is 718. The van der Waals surface area contributed by atoms with Gasteiger partial charge in [0.2, 0.25) is 0 Å². The number of nitrogens with one attached hydrogen (secondary N) is 1. The number of aryl methyl sites for hydroxylation is 1. The normalized spacial score (nSPS) is 10.1. The molecule has 3 nitrogen and oxygen atoms in total. The molecule has 0 unspecified atom stereocenters. The lowest BCUT2D eigenvalue weighted by atomic mass is 10.2. The van der Waals surface area contributed by atoms with Gasteiger partial charge in [-0.25, -0.2) is 9.37 Å². The molecule has 1 aromatic heterocycles. The van der Waals surface area contributed by atoms with Crippen molar-refractivity contribution in [1.82, 2.24) is 9.97 Å². The van der Waals surface area contributed by atoms with Gasteiger partial charge in [-0.05, 0) is 25.1 Å². The summed E-state index contributed by atoms with van der Waals surface area (Å²) in [5.41, 5.74) is 1.21. The molecular formula is C12H7BrFN3S. The van der Waals surface area contributed by atoms with Crippen LogP contribution in [0.2, 0.25) is 0 Å². The fraction of sp³-hybridized carbons (Fsp3) is 0.0833. The van der Waals surface area contributed by atoms with E-state index in [1.165, 1.54) is 6.07 Å². The van der Waals surface area contributed by atoms with Gasteiger partial charge in [0.05, 0.1) is 5.56 Å². The van der Waals surface area contributed by atoms with Gasteiger partial charge in [0.25, 0.3) is 0 Å². The molecule has 0 bridgehead atoms. The van der Waals surface area contributed by atoms with Gasteiger partial charge in [0.1, 0.15) is 27.9 Å². The van der Waals surface area contributed by atoms with Crippen LogP contribution in [0.25, 0.3) is 11.4 Å². The standard InChI is InChI=1S/C12H7BrFN3S/c1-6-9(5-15)12(18)17-11(16-6)8-3-2-7(13)4-10(8)14/h2-4H,1H3,(H,16,17,18). The second kappa shape index (κ2) is 4.96. The predicted octanol–water partition coefficient (Wildman–Crippen LogP) is 3.89. The maximum atomic E-state index is 13.8. The molecule has 90 valence electrons. The SMILES string of the molecule is Cc1[nH]c(-c2ccc(Br)cc2F)nc(=S)c1C#N. The molecule has 0 atom stereocenters. The summed E-state index contributed by atoms with van der Waals surface area (Å²) in [5.74, 6) is -0.0897. The first-order valence-corrected chi connectivity index (χ1v) is 6.19. The van der Waals surface area contributed by atoms with Crippen molar-refractivity contribution >= 4 is 28.1 Å². The highest BCUT2D eigenvalue weighted by atomic mass is 79.9. The Kier molecular flexibility index (Phi) is 3.55. The lowest BCUT2D eigenvalue weighted by Crippen LogP contribution is -1.98. The fourth-order valence-corrected chi connectivity index (χ4v) is 2.15. The van der Waals surface area contributed by atoms with Crippen molar-refractivity contribution in [3.05, 3.63) is 44.4 Å². The minimum atomic E-state index is -0.411. The van der Waals surface area contributed by atoms with Gasteiger partial charge in [0, 0.05) is 10.2 Å². The zero-order valence-corrected chi connectivity index (χ0v) is 11.7. The number of hydrogen-bond donors (Lipinski definition) is 1. The van der Waals surface area contributed by atoms with Crippen molar-refractivity contribution in [1.29, 1.82) is 5.26 Å². The Balaban J connectivity index is 2.67. The molecule has 0 aliphatic carbocycles. The largest absolute Gasteiger partial charge is 0.342 e. The highest BCUT2D eigenvalue weighted by Gasteiger charge is 2.10. The predicted molar refractivity (Wildman–Crippen MR) is 72.0 cm³/mol. The number of aromatic amines is 1. The Labute approximate surface area is 116 Å². The van der Waals surface area contributed by atoms with E-state index >= 15 is 0 Å². The average Bonchev–Trinajstić information content (AvgIpc) is 2.28. The molecule has 0 saturated carbocycles. The van der Waals surface area contributed by atoms with Crippen LogP contribution in [0.15, 0.2) is 22.7 Å². The number of H-pyrrole nitrogens is 1. The van der Waals surface area contributed by atoms with E-state index in [9.17, 15) is 4.39 Å². The Morgan fingerprint density at radius 3 is 2.78 bits per heavy atom. The van der Waals surface area contributed by atoms with Gasteiger partial charge in [-0.2, -0.15) is 5.26 Å². The number of hydrogen-bond acceptors (Lipinski definition) is 3. The zero-order valence-electron chi connectivity index (χ0n) is 9.29. The van der Waals surface area contributed by atoms with Crippen LogP contribution in [-0.2, 0) is 0 Å². The number of nitrogens with zero attached hydrogens (tertiary/aromatic N) is 2. The number of rotatable bonds is 1. The Hall–Kier alpha value is -1.58. The number of halogens is 2. The molecule has 0 fully saturated rings. The summed E-state index contributed by atoms with van der Waals surface area (Å²) >= 11 is 8.20. The van der Waals surface area contributed by atoms with Crippen LogP contribution in [0, 0.1) is 28.7 Å². The monoisotopic (exact) mass is 323 g/mol. The van der Waals surface area contributed by atoms with Gasteiger partial charge in [-0.1, -0.05) is 28.1 Å². The molecule has 0 saturated heterocycles. The quantitative estimate of drug-likeness (QED) is 0.810. The summed E-state index contributed by atoms with van der Waals surface area (Å²) in [7, 11) is 0. The third-order valence-electron chi connectivity index (χ3n) is 2.41. The molecule has 0 spiro atoms. The highest BCUT2D eigenvalue weighted by molar-refractivity contribution is 9.10. The number of nitriles is 1.